The van der Waals surface area contributed by atoms with Gasteiger partial charge in [0, 0.05) is 13.1 Å². The number of phenolic OH excluding ortho intramolecular Hbond substituents is 1. The zero-order chi connectivity index (χ0) is 15.0. The predicted molar refractivity (Wildman–Crippen MR) is 78.9 cm³/mol. The largest absolute Gasteiger partial charge is 0.508 e. The highest BCUT2D eigenvalue weighted by Gasteiger charge is 2.15. The van der Waals surface area contributed by atoms with Crippen molar-refractivity contribution in [3.63, 3.8) is 0 Å². The lowest BCUT2D eigenvalue weighted by molar-refractivity contribution is 0.0528. The fraction of sp³-hybridized carbons (Fsp3) is 0.533. The van der Waals surface area contributed by atoms with E-state index in [2.05, 4.69) is 10.6 Å². The first-order valence-electron chi connectivity index (χ1n) is 6.82. The first kappa shape index (κ1) is 16.3. The molecule has 0 radical (unpaired) electrons. The van der Waals surface area contributed by atoms with E-state index in [1.54, 1.807) is 12.1 Å². The Bertz CT molecular complexity index is 410. The monoisotopic (exact) mass is 280 g/mol. The van der Waals surface area contributed by atoms with Gasteiger partial charge in [0.2, 0.25) is 0 Å². The number of carbonyl (C=O) groups is 1. The molecule has 0 saturated heterocycles. The van der Waals surface area contributed by atoms with Crippen LogP contribution in [-0.4, -0.2) is 36.4 Å². The van der Waals surface area contributed by atoms with Gasteiger partial charge >= 0.3 is 6.09 Å². The van der Waals surface area contributed by atoms with E-state index in [0.717, 1.165) is 18.5 Å². The van der Waals surface area contributed by atoms with E-state index >= 15 is 0 Å². The summed E-state index contributed by atoms with van der Waals surface area (Å²) < 4.78 is 5.12. The second-order valence-corrected chi connectivity index (χ2v) is 5.60. The van der Waals surface area contributed by atoms with Crippen molar-refractivity contribution in [1.82, 2.24) is 10.6 Å². The summed E-state index contributed by atoms with van der Waals surface area (Å²) in [5.74, 6) is 0.281. The molecule has 0 aliphatic rings. The van der Waals surface area contributed by atoms with E-state index in [0.29, 0.717) is 13.1 Å². The highest BCUT2D eigenvalue weighted by atomic mass is 16.6. The van der Waals surface area contributed by atoms with Gasteiger partial charge in [-0.2, -0.15) is 0 Å². The molecule has 0 aliphatic carbocycles. The van der Waals surface area contributed by atoms with E-state index in [-0.39, 0.29) is 5.75 Å². The summed E-state index contributed by atoms with van der Waals surface area (Å²) in [5.41, 5.74) is 0.700. The Kier molecular flexibility index (Phi) is 6.31. The Morgan fingerprint density at radius 3 is 2.40 bits per heavy atom. The number of hydrogen-bond acceptors (Lipinski definition) is 4. The van der Waals surface area contributed by atoms with Crippen LogP contribution in [0.25, 0.3) is 0 Å². The highest BCUT2D eigenvalue weighted by Crippen LogP contribution is 2.09. The maximum atomic E-state index is 11.4. The SMILES string of the molecule is CC(C)(C)OC(=O)NCCNCCc1ccc(O)cc1. The molecule has 20 heavy (non-hydrogen) atoms. The number of phenols is 1. The van der Waals surface area contributed by atoms with E-state index in [4.69, 9.17) is 9.84 Å². The molecule has 0 aromatic heterocycles. The molecule has 0 bridgehead atoms. The molecule has 3 N–H and O–H groups in total. The van der Waals surface area contributed by atoms with Crippen molar-refractivity contribution in [2.75, 3.05) is 19.6 Å². The van der Waals surface area contributed by atoms with Crippen molar-refractivity contribution < 1.29 is 14.6 Å². The number of amides is 1. The fourth-order valence-electron chi connectivity index (χ4n) is 1.59. The van der Waals surface area contributed by atoms with Gasteiger partial charge < -0.3 is 20.5 Å². The summed E-state index contributed by atoms with van der Waals surface area (Å²) in [5, 5.41) is 15.1. The van der Waals surface area contributed by atoms with Gasteiger partial charge in [0.1, 0.15) is 11.4 Å². The maximum Gasteiger partial charge on any atom is 0.407 e. The Balaban J connectivity index is 2.05. The van der Waals surface area contributed by atoms with Crippen LogP contribution in [0.1, 0.15) is 26.3 Å². The summed E-state index contributed by atoms with van der Waals surface area (Å²) in [6.07, 6.45) is 0.491. The second-order valence-electron chi connectivity index (χ2n) is 5.60. The molecule has 1 aromatic carbocycles. The maximum absolute atomic E-state index is 11.4. The summed E-state index contributed by atoms with van der Waals surface area (Å²) in [4.78, 5) is 11.4. The van der Waals surface area contributed by atoms with Gasteiger partial charge in [-0.1, -0.05) is 12.1 Å². The number of nitrogens with one attached hydrogen (secondary N) is 2. The summed E-state index contributed by atoms with van der Waals surface area (Å²) in [6, 6.07) is 7.16. The predicted octanol–water partition coefficient (Wildman–Crippen LogP) is 2.05. The Hall–Kier alpha value is -1.75. The van der Waals surface area contributed by atoms with E-state index in [1.165, 1.54) is 0 Å². The van der Waals surface area contributed by atoms with Crippen molar-refractivity contribution in [1.29, 1.82) is 0 Å². The fourth-order valence-corrected chi connectivity index (χ4v) is 1.59. The first-order chi connectivity index (χ1) is 9.37. The van der Waals surface area contributed by atoms with E-state index in [1.807, 2.05) is 32.9 Å². The molecular formula is C15H24N2O3. The van der Waals surface area contributed by atoms with Crippen LogP contribution in [0.3, 0.4) is 0 Å². The second kappa shape index (κ2) is 7.75. The van der Waals surface area contributed by atoms with Crippen LogP contribution in [0.4, 0.5) is 4.79 Å². The Morgan fingerprint density at radius 1 is 1.15 bits per heavy atom. The van der Waals surface area contributed by atoms with Crippen LogP contribution in [0.2, 0.25) is 0 Å². The third-order valence-corrected chi connectivity index (χ3v) is 2.50. The molecule has 0 saturated carbocycles. The Morgan fingerprint density at radius 2 is 1.80 bits per heavy atom. The molecule has 1 aromatic rings. The molecule has 0 unspecified atom stereocenters. The standard InChI is InChI=1S/C15H24N2O3/c1-15(2,3)20-14(19)17-11-10-16-9-8-12-4-6-13(18)7-5-12/h4-7,16,18H,8-11H2,1-3H3,(H,17,19). The molecular weight excluding hydrogens is 256 g/mol. The van der Waals surface area contributed by atoms with Crippen molar-refractivity contribution in [3.05, 3.63) is 29.8 Å². The van der Waals surface area contributed by atoms with Gasteiger partial charge in [0.05, 0.1) is 0 Å². The van der Waals surface area contributed by atoms with Crippen molar-refractivity contribution in [3.8, 4) is 5.75 Å². The third kappa shape index (κ3) is 7.63. The molecule has 1 rings (SSSR count). The van der Waals surface area contributed by atoms with Gasteiger partial charge in [-0.05, 0) is 51.4 Å². The van der Waals surface area contributed by atoms with Crippen molar-refractivity contribution >= 4 is 6.09 Å². The van der Waals surface area contributed by atoms with Crippen LogP contribution >= 0.6 is 0 Å². The van der Waals surface area contributed by atoms with E-state index in [9.17, 15) is 4.79 Å². The number of aromatic hydroxyl groups is 1. The van der Waals surface area contributed by atoms with Crippen LogP contribution in [-0.2, 0) is 11.2 Å². The lowest BCUT2D eigenvalue weighted by Gasteiger charge is -2.19. The lowest BCUT2D eigenvalue weighted by Crippen LogP contribution is -2.36. The Labute approximate surface area is 120 Å². The third-order valence-electron chi connectivity index (χ3n) is 2.50. The smallest absolute Gasteiger partial charge is 0.407 e. The molecule has 5 heteroatoms. The van der Waals surface area contributed by atoms with Crippen molar-refractivity contribution in [2.24, 2.45) is 0 Å². The lowest BCUT2D eigenvalue weighted by atomic mass is 10.1. The van der Waals surface area contributed by atoms with Gasteiger partial charge in [0.15, 0.2) is 0 Å². The summed E-state index contributed by atoms with van der Waals surface area (Å²) in [7, 11) is 0. The van der Waals surface area contributed by atoms with Crippen molar-refractivity contribution in [2.45, 2.75) is 32.8 Å². The van der Waals surface area contributed by atoms with Crippen LogP contribution in [0.5, 0.6) is 5.75 Å². The van der Waals surface area contributed by atoms with Gasteiger partial charge in [0.25, 0.3) is 0 Å². The molecule has 0 heterocycles. The topological polar surface area (TPSA) is 70.6 Å². The minimum atomic E-state index is -0.462. The number of ether oxygens (including phenoxy) is 1. The summed E-state index contributed by atoms with van der Waals surface area (Å²) >= 11 is 0. The minimum absolute atomic E-state index is 0.281. The van der Waals surface area contributed by atoms with Crippen LogP contribution < -0.4 is 10.6 Å². The van der Waals surface area contributed by atoms with Crippen LogP contribution in [0.15, 0.2) is 24.3 Å². The summed E-state index contributed by atoms with van der Waals surface area (Å²) in [6.45, 7) is 7.55. The average molecular weight is 280 g/mol. The quantitative estimate of drug-likeness (QED) is 0.697. The molecule has 0 aliphatic heterocycles. The average Bonchev–Trinajstić information content (AvgIpc) is 2.33. The van der Waals surface area contributed by atoms with E-state index < -0.39 is 11.7 Å². The molecule has 1 amide bonds. The number of hydrogen-bond donors (Lipinski definition) is 3. The highest BCUT2D eigenvalue weighted by molar-refractivity contribution is 5.67. The first-order valence-corrected chi connectivity index (χ1v) is 6.82. The number of alkyl carbamates (subject to hydrolysis) is 1. The number of rotatable bonds is 6. The molecule has 0 spiro atoms. The number of carbonyl (C=O) groups excluding carboxylic acids is 1. The number of benzene rings is 1. The van der Waals surface area contributed by atoms with Gasteiger partial charge in [-0.25, -0.2) is 4.79 Å². The molecule has 0 atom stereocenters. The zero-order valence-corrected chi connectivity index (χ0v) is 12.4. The molecule has 112 valence electrons. The zero-order valence-electron chi connectivity index (χ0n) is 12.4. The normalized spacial score (nSPS) is 11.2. The van der Waals surface area contributed by atoms with Gasteiger partial charge in [-0.15, -0.1) is 0 Å². The molecule has 5 nitrogen and oxygen atoms in total. The minimum Gasteiger partial charge on any atom is -0.508 e. The van der Waals surface area contributed by atoms with Gasteiger partial charge in [-0.3, -0.25) is 0 Å². The van der Waals surface area contributed by atoms with Crippen LogP contribution in [0, 0.1) is 0 Å². The molecule has 0 fully saturated rings.